The van der Waals surface area contributed by atoms with Crippen LogP contribution in [0.1, 0.15) is 16.7 Å². The third-order valence-corrected chi connectivity index (χ3v) is 5.56. The van der Waals surface area contributed by atoms with Crippen LogP contribution < -0.4 is 4.90 Å². The summed E-state index contributed by atoms with van der Waals surface area (Å²) in [5, 5.41) is 12.8. The number of aliphatic hydroxyl groups is 1. The van der Waals surface area contributed by atoms with Crippen LogP contribution in [0.25, 0.3) is 10.9 Å². The van der Waals surface area contributed by atoms with E-state index in [1.54, 1.807) is 9.47 Å². The Morgan fingerprint density at radius 2 is 1.57 bits per heavy atom. The topological polar surface area (TPSA) is 45.5 Å². The molecular weight excluding hydrogens is 348 g/mol. The molecule has 138 valence electrons. The zero-order valence-corrected chi connectivity index (χ0v) is 15.5. The Hall–Kier alpha value is -3.37. The summed E-state index contributed by atoms with van der Waals surface area (Å²) >= 11 is 0. The van der Waals surface area contributed by atoms with Crippen LogP contribution in [0.3, 0.4) is 0 Å². The van der Waals surface area contributed by atoms with E-state index in [-0.39, 0.29) is 5.91 Å². The molecule has 4 aromatic rings. The standard InChI is InChI=1S/C24H20N2O2/c1-17-15-26(21-13-7-5-11-19(17)21)24(28)20-12-6-8-14-22(20)25(23(24)27)16-18-9-3-2-4-10-18/h2-15,28H,16H2,1H3. The number of fused-ring (bicyclic) bond motifs is 2. The molecular formula is C24H20N2O2. The van der Waals surface area contributed by atoms with Gasteiger partial charge in [-0.1, -0.05) is 66.7 Å². The van der Waals surface area contributed by atoms with Crippen LogP contribution in [0.4, 0.5) is 5.69 Å². The lowest BCUT2D eigenvalue weighted by Gasteiger charge is -2.26. The Bertz CT molecular complexity index is 1200. The average molecular weight is 368 g/mol. The van der Waals surface area contributed by atoms with E-state index in [0.717, 1.165) is 27.7 Å². The van der Waals surface area contributed by atoms with Crippen molar-refractivity contribution in [2.45, 2.75) is 19.2 Å². The first-order valence-corrected chi connectivity index (χ1v) is 9.35. The average Bonchev–Trinajstić information content (AvgIpc) is 3.18. The lowest BCUT2D eigenvalue weighted by Crippen LogP contribution is -2.45. The number of carbonyl (C=O) groups is 1. The maximum Gasteiger partial charge on any atom is 0.286 e. The minimum absolute atomic E-state index is 0.335. The van der Waals surface area contributed by atoms with E-state index in [9.17, 15) is 9.90 Å². The predicted octanol–water partition coefficient (Wildman–Crippen LogP) is 4.19. The molecule has 28 heavy (non-hydrogen) atoms. The van der Waals surface area contributed by atoms with E-state index in [1.807, 2.05) is 92.0 Å². The predicted molar refractivity (Wildman–Crippen MR) is 110 cm³/mol. The maximum atomic E-state index is 13.6. The van der Waals surface area contributed by atoms with Crippen molar-refractivity contribution in [3.63, 3.8) is 0 Å². The molecule has 1 aromatic heterocycles. The number of para-hydroxylation sites is 2. The number of amides is 1. The molecule has 0 fully saturated rings. The van der Waals surface area contributed by atoms with E-state index in [1.165, 1.54) is 0 Å². The van der Waals surface area contributed by atoms with E-state index >= 15 is 0 Å². The summed E-state index contributed by atoms with van der Waals surface area (Å²) in [5.41, 5.74) is 2.47. The zero-order valence-electron chi connectivity index (χ0n) is 15.5. The third-order valence-electron chi connectivity index (χ3n) is 5.56. The first-order valence-electron chi connectivity index (χ1n) is 9.35. The fraction of sp³-hybridized carbons (Fsp3) is 0.125. The summed E-state index contributed by atoms with van der Waals surface area (Å²) in [4.78, 5) is 15.3. The molecule has 4 nitrogen and oxygen atoms in total. The summed E-state index contributed by atoms with van der Waals surface area (Å²) in [7, 11) is 0. The van der Waals surface area contributed by atoms with Crippen LogP contribution in [0.2, 0.25) is 0 Å². The normalized spacial score (nSPS) is 18.6. The molecule has 1 atom stereocenters. The molecule has 1 N–H and O–H groups in total. The molecule has 0 radical (unpaired) electrons. The van der Waals surface area contributed by atoms with Gasteiger partial charge in [0.2, 0.25) is 0 Å². The molecule has 1 aliphatic rings. The highest BCUT2D eigenvalue weighted by atomic mass is 16.3. The second kappa shape index (κ2) is 6.08. The zero-order chi connectivity index (χ0) is 19.3. The van der Waals surface area contributed by atoms with Crippen molar-refractivity contribution in [3.8, 4) is 0 Å². The number of anilines is 1. The molecule has 2 heterocycles. The second-order valence-electron chi connectivity index (χ2n) is 7.27. The molecule has 5 rings (SSSR count). The van der Waals surface area contributed by atoms with Gasteiger partial charge in [-0.2, -0.15) is 0 Å². The summed E-state index contributed by atoms with van der Waals surface area (Å²) < 4.78 is 1.71. The highest BCUT2D eigenvalue weighted by Gasteiger charge is 2.51. The number of aryl methyl sites for hydroxylation is 1. The quantitative estimate of drug-likeness (QED) is 0.589. The fourth-order valence-corrected chi connectivity index (χ4v) is 4.19. The van der Waals surface area contributed by atoms with Crippen LogP contribution in [0.15, 0.2) is 85.1 Å². The maximum absolute atomic E-state index is 13.6. The van der Waals surface area contributed by atoms with Crippen molar-refractivity contribution >= 4 is 22.5 Å². The minimum Gasteiger partial charge on any atom is -0.359 e. The molecule has 1 aliphatic heterocycles. The Morgan fingerprint density at radius 3 is 2.39 bits per heavy atom. The van der Waals surface area contributed by atoms with Crippen molar-refractivity contribution in [2.24, 2.45) is 0 Å². The number of rotatable bonds is 3. The van der Waals surface area contributed by atoms with E-state index in [4.69, 9.17) is 0 Å². The lowest BCUT2D eigenvalue weighted by atomic mass is 10.0. The number of nitrogens with zero attached hydrogens (tertiary/aromatic N) is 2. The Kier molecular flexibility index (Phi) is 3.64. The molecule has 0 saturated carbocycles. The number of hydrogen-bond acceptors (Lipinski definition) is 2. The summed E-state index contributed by atoms with van der Waals surface area (Å²) in [6.45, 7) is 2.41. The van der Waals surface area contributed by atoms with Gasteiger partial charge in [-0.05, 0) is 30.2 Å². The largest absolute Gasteiger partial charge is 0.359 e. The SMILES string of the molecule is Cc1cn(C2(O)C(=O)N(Cc3ccccc3)c3ccccc32)c2ccccc12. The van der Waals surface area contributed by atoms with Crippen LogP contribution in [-0.2, 0) is 17.1 Å². The van der Waals surface area contributed by atoms with E-state index in [0.29, 0.717) is 12.1 Å². The van der Waals surface area contributed by atoms with Crippen molar-refractivity contribution in [3.05, 3.63) is 102 Å². The van der Waals surface area contributed by atoms with Crippen molar-refractivity contribution in [1.29, 1.82) is 0 Å². The van der Waals surface area contributed by atoms with Gasteiger partial charge in [-0.25, -0.2) is 0 Å². The van der Waals surface area contributed by atoms with Gasteiger partial charge in [0.05, 0.1) is 17.7 Å². The van der Waals surface area contributed by atoms with Gasteiger partial charge >= 0.3 is 0 Å². The molecule has 4 heteroatoms. The first kappa shape index (κ1) is 16.8. The van der Waals surface area contributed by atoms with Crippen molar-refractivity contribution in [1.82, 2.24) is 4.57 Å². The minimum atomic E-state index is -1.76. The first-order chi connectivity index (χ1) is 13.6. The summed E-state index contributed by atoms with van der Waals surface area (Å²) in [6, 6.07) is 25.2. The highest BCUT2D eigenvalue weighted by molar-refractivity contribution is 6.07. The number of hydrogen-bond donors (Lipinski definition) is 1. The Balaban J connectivity index is 1.70. The van der Waals surface area contributed by atoms with Gasteiger partial charge in [0.1, 0.15) is 0 Å². The number of aromatic nitrogens is 1. The highest BCUT2D eigenvalue weighted by Crippen LogP contribution is 2.43. The van der Waals surface area contributed by atoms with Gasteiger partial charge in [-0.3, -0.25) is 4.79 Å². The molecule has 0 aliphatic carbocycles. The number of benzene rings is 3. The fourth-order valence-electron chi connectivity index (χ4n) is 4.19. The van der Waals surface area contributed by atoms with Gasteiger partial charge in [0, 0.05) is 17.1 Å². The summed E-state index contributed by atoms with van der Waals surface area (Å²) in [6.07, 6.45) is 1.87. The molecule has 0 saturated heterocycles. The van der Waals surface area contributed by atoms with Crippen molar-refractivity contribution in [2.75, 3.05) is 4.90 Å². The second-order valence-corrected chi connectivity index (χ2v) is 7.27. The molecule has 3 aromatic carbocycles. The summed E-state index contributed by atoms with van der Waals surface area (Å²) in [5.74, 6) is -0.335. The van der Waals surface area contributed by atoms with E-state index < -0.39 is 5.72 Å². The van der Waals surface area contributed by atoms with Crippen molar-refractivity contribution < 1.29 is 9.90 Å². The smallest absolute Gasteiger partial charge is 0.286 e. The lowest BCUT2D eigenvalue weighted by molar-refractivity contribution is -0.139. The van der Waals surface area contributed by atoms with Gasteiger partial charge < -0.3 is 14.6 Å². The molecule has 1 unspecified atom stereocenters. The van der Waals surface area contributed by atoms with Crippen LogP contribution >= 0.6 is 0 Å². The monoisotopic (exact) mass is 368 g/mol. The van der Waals surface area contributed by atoms with Crippen LogP contribution in [0.5, 0.6) is 0 Å². The molecule has 0 bridgehead atoms. The molecule has 1 amide bonds. The van der Waals surface area contributed by atoms with Gasteiger partial charge in [0.25, 0.3) is 11.6 Å². The van der Waals surface area contributed by atoms with E-state index in [2.05, 4.69) is 0 Å². The van der Waals surface area contributed by atoms with Gasteiger partial charge in [-0.15, -0.1) is 0 Å². The van der Waals surface area contributed by atoms with Gasteiger partial charge in [0.15, 0.2) is 0 Å². The third kappa shape index (κ3) is 2.25. The van der Waals surface area contributed by atoms with Crippen LogP contribution in [-0.4, -0.2) is 15.6 Å². The van der Waals surface area contributed by atoms with Crippen LogP contribution in [0, 0.1) is 6.92 Å². The molecule has 0 spiro atoms. The Labute approximate surface area is 163 Å². The number of carbonyl (C=O) groups excluding carboxylic acids is 1. The Morgan fingerprint density at radius 1 is 0.893 bits per heavy atom.